The third-order valence-corrected chi connectivity index (χ3v) is 2.02. The smallest absolute Gasteiger partial charge is 0.125 e. The number of nitrogens with zero attached hydrogens (tertiary/aromatic N) is 2. The molecule has 3 nitrogen and oxygen atoms in total. The summed E-state index contributed by atoms with van der Waals surface area (Å²) in [7, 11) is 0. The Morgan fingerprint density at radius 1 is 1.00 bits per heavy atom. The van der Waals surface area contributed by atoms with Crippen LogP contribution in [-0.4, -0.2) is 15.1 Å². The molecule has 3 heteroatoms. The highest BCUT2D eigenvalue weighted by Gasteiger charge is 2.01. The minimum atomic E-state index is 0.283. The highest BCUT2D eigenvalue weighted by Crippen LogP contribution is 2.22. The van der Waals surface area contributed by atoms with E-state index in [-0.39, 0.29) is 5.75 Å². The number of phenols is 1. The SMILES string of the molecule is CC.CC.Cc1ncc2cc(C)c(O)cc2n1. The maximum absolute atomic E-state index is 9.45. The van der Waals surface area contributed by atoms with Gasteiger partial charge >= 0.3 is 0 Å². The van der Waals surface area contributed by atoms with Gasteiger partial charge in [-0.15, -0.1) is 0 Å². The third-order valence-electron chi connectivity index (χ3n) is 2.02. The number of aromatic hydroxyl groups is 1. The standard InChI is InChI=1S/C10H10N2O.2C2H6/c1-6-3-8-5-11-7(2)12-9(8)4-10(6)13;2*1-2/h3-5,13H,1-2H3;2*1-2H3. The molecule has 17 heavy (non-hydrogen) atoms. The number of hydrogen-bond acceptors (Lipinski definition) is 3. The predicted molar refractivity (Wildman–Crippen MR) is 73.4 cm³/mol. The Hall–Kier alpha value is -1.64. The van der Waals surface area contributed by atoms with Crippen LogP contribution in [0.3, 0.4) is 0 Å². The van der Waals surface area contributed by atoms with Gasteiger partial charge in [0.2, 0.25) is 0 Å². The minimum absolute atomic E-state index is 0.283. The van der Waals surface area contributed by atoms with Crippen LogP contribution < -0.4 is 0 Å². The number of benzene rings is 1. The van der Waals surface area contributed by atoms with E-state index in [1.807, 2.05) is 47.6 Å². The van der Waals surface area contributed by atoms with Crippen LogP contribution in [0.5, 0.6) is 5.75 Å². The molecule has 0 aliphatic heterocycles. The summed E-state index contributed by atoms with van der Waals surface area (Å²) in [4.78, 5) is 8.29. The lowest BCUT2D eigenvalue weighted by Crippen LogP contribution is -1.88. The Balaban J connectivity index is 0.000000581. The average Bonchev–Trinajstić information content (AvgIpc) is 2.36. The first kappa shape index (κ1) is 15.4. The molecule has 0 aliphatic rings. The summed E-state index contributed by atoms with van der Waals surface area (Å²) in [5.41, 5.74) is 1.63. The molecular formula is C14H22N2O. The van der Waals surface area contributed by atoms with Crippen molar-refractivity contribution in [1.82, 2.24) is 9.97 Å². The van der Waals surface area contributed by atoms with E-state index >= 15 is 0 Å². The lowest BCUT2D eigenvalue weighted by atomic mass is 10.1. The molecule has 0 radical (unpaired) electrons. The van der Waals surface area contributed by atoms with Gasteiger partial charge in [0, 0.05) is 17.6 Å². The van der Waals surface area contributed by atoms with E-state index < -0.39 is 0 Å². The first-order chi connectivity index (χ1) is 8.16. The molecule has 0 fully saturated rings. The maximum Gasteiger partial charge on any atom is 0.125 e. The third kappa shape index (κ3) is 4.02. The van der Waals surface area contributed by atoms with E-state index in [9.17, 15) is 5.11 Å². The van der Waals surface area contributed by atoms with Gasteiger partial charge in [-0.25, -0.2) is 9.97 Å². The van der Waals surface area contributed by atoms with Gasteiger partial charge in [0.25, 0.3) is 0 Å². The molecule has 1 aromatic carbocycles. The van der Waals surface area contributed by atoms with Gasteiger partial charge in [-0.05, 0) is 25.5 Å². The number of hydrogen-bond donors (Lipinski definition) is 1. The van der Waals surface area contributed by atoms with Crippen molar-refractivity contribution in [3.05, 3.63) is 29.7 Å². The van der Waals surface area contributed by atoms with Crippen LogP contribution in [0.4, 0.5) is 0 Å². The van der Waals surface area contributed by atoms with E-state index in [1.165, 1.54) is 0 Å². The second-order valence-corrected chi connectivity index (χ2v) is 3.11. The first-order valence-corrected chi connectivity index (χ1v) is 6.10. The summed E-state index contributed by atoms with van der Waals surface area (Å²) in [5.74, 6) is 1.00. The number of rotatable bonds is 0. The van der Waals surface area contributed by atoms with Crippen LogP contribution in [0.25, 0.3) is 10.9 Å². The zero-order valence-electron chi connectivity index (χ0n) is 11.6. The molecule has 0 unspecified atom stereocenters. The van der Waals surface area contributed by atoms with Gasteiger partial charge in [-0.3, -0.25) is 0 Å². The fraction of sp³-hybridized carbons (Fsp3) is 0.429. The van der Waals surface area contributed by atoms with E-state index in [4.69, 9.17) is 0 Å². The van der Waals surface area contributed by atoms with Crippen molar-refractivity contribution in [3.8, 4) is 5.75 Å². The highest BCUT2D eigenvalue weighted by atomic mass is 16.3. The molecule has 0 bridgehead atoms. The molecule has 94 valence electrons. The molecule has 0 amide bonds. The molecule has 2 rings (SSSR count). The predicted octanol–water partition coefficient (Wildman–Crippen LogP) is 4.00. The van der Waals surface area contributed by atoms with Crippen molar-refractivity contribution in [2.45, 2.75) is 41.5 Å². The summed E-state index contributed by atoms with van der Waals surface area (Å²) < 4.78 is 0. The zero-order valence-corrected chi connectivity index (χ0v) is 11.6. The first-order valence-electron chi connectivity index (χ1n) is 6.10. The van der Waals surface area contributed by atoms with E-state index in [0.717, 1.165) is 22.3 Å². The van der Waals surface area contributed by atoms with Gasteiger partial charge in [0.15, 0.2) is 0 Å². The zero-order chi connectivity index (χ0) is 13.4. The van der Waals surface area contributed by atoms with Crippen LogP contribution in [0.15, 0.2) is 18.3 Å². The Morgan fingerprint density at radius 2 is 1.59 bits per heavy atom. The monoisotopic (exact) mass is 234 g/mol. The highest BCUT2D eigenvalue weighted by molar-refractivity contribution is 5.80. The van der Waals surface area contributed by atoms with Crippen molar-refractivity contribution in [3.63, 3.8) is 0 Å². The number of phenolic OH excluding ortho intramolecular Hbond substituents is 1. The average molecular weight is 234 g/mol. The van der Waals surface area contributed by atoms with Gasteiger partial charge in [0.1, 0.15) is 11.6 Å². The molecule has 1 aromatic heterocycles. The molecule has 0 aliphatic carbocycles. The van der Waals surface area contributed by atoms with E-state index in [2.05, 4.69) is 9.97 Å². The van der Waals surface area contributed by atoms with Gasteiger partial charge in [0.05, 0.1) is 5.52 Å². The molecule has 1 heterocycles. The summed E-state index contributed by atoms with van der Waals surface area (Å²) in [6.45, 7) is 11.7. The topological polar surface area (TPSA) is 46.0 Å². The summed E-state index contributed by atoms with van der Waals surface area (Å²) in [6, 6.07) is 3.55. The molecule has 0 saturated carbocycles. The van der Waals surface area contributed by atoms with E-state index in [0.29, 0.717) is 0 Å². The van der Waals surface area contributed by atoms with Crippen LogP contribution in [0, 0.1) is 13.8 Å². The van der Waals surface area contributed by atoms with E-state index in [1.54, 1.807) is 12.3 Å². The molecule has 0 atom stereocenters. The van der Waals surface area contributed by atoms with Crippen molar-refractivity contribution in [2.75, 3.05) is 0 Å². The number of fused-ring (bicyclic) bond motifs is 1. The Morgan fingerprint density at radius 3 is 2.18 bits per heavy atom. The van der Waals surface area contributed by atoms with Crippen LogP contribution >= 0.6 is 0 Å². The maximum atomic E-state index is 9.45. The fourth-order valence-electron chi connectivity index (χ4n) is 1.27. The molecule has 0 spiro atoms. The summed E-state index contributed by atoms with van der Waals surface area (Å²) in [5, 5.41) is 10.4. The second kappa shape index (κ2) is 7.60. The minimum Gasteiger partial charge on any atom is -0.508 e. The van der Waals surface area contributed by atoms with Gasteiger partial charge < -0.3 is 5.11 Å². The van der Waals surface area contributed by atoms with Crippen molar-refractivity contribution in [2.24, 2.45) is 0 Å². The van der Waals surface area contributed by atoms with Gasteiger partial charge in [-0.1, -0.05) is 27.7 Å². The van der Waals surface area contributed by atoms with Crippen LogP contribution in [0.2, 0.25) is 0 Å². The molecular weight excluding hydrogens is 212 g/mol. The Bertz CT molecular complexity index is 467. The molecule has 0 saturated heterocycles. The van der Waals surface area contributed by atoms with Crippen LogP contribution in [0.1, 0.15) is 39.1 Å². The largest absolute Gasteiger partial charge is 0.508 e. The summed E-state index contributed by atoms with van der Waals surface area (Å²) in [6.07, 6.45) is 1.77. The Kier molecular flexibility index (Phi) is 6.87. The quantitative estimate of drug-likeness (QED) is 0.749. The lowest BCUT2D eigenvalue weighted by molar-refractivity contribution is 0.472. The normalized spacial score (nSPS) is 8.82. The van der Waals surface area contributed by atoms with Crippen molar-refractivity contribution >= 4 is 10.9 Å². The number of aryl methyl sites for hydroxylation is 2. The van der Waals surface area contributed by atoms with Crippen LogP contribution in [-0.2, 0) is 0 Å². The molecule has 1 N–H and O–H groups in total. The molecule has 2 aromatic rings. The lowest BCUT2D eigenvalue weighted by Gasteiger charge is -2.01. The fourth-order valence-corrected chi connectivity index (χ4v) is 1.27. The van der Waals surface area contributed by atoms with Crippen molar-refractivity contribution in [1.29, 1.82) is 0 Å². The Labute approximate surface area is 104 Å². The van der Waals surface area contributed by atoms with Gasteiger partial charge in [-0.2, -0.15) is 0 Å². The van der Waals surface area contributed by atoms with Crippen molar-refractivity contribution < 1.29 is 5.11 Å². The summed E-state index contributed by atoms with van der Waals surface area (Å²) >= 11 is 0. The second-order valence-electron chi connectivity index (χ2n) is 3.11. The number of aromatic nitrogens is 2.